The van der Waals surface area contributed by atoms with Gasteiger partial charge in [-0.2, -0.15) is 0 Å². The molecule has 1 aliphatic rings. The van der Waals surface area contributed by atoms with Crippen LogP contribution in [0.3, 0.4) is 0 Å². The standard InChI is InChI=1S/C13H15N3O4S/c1-20-10-4-2-3-9(7-10)15-12(18)14-5-6-16-11(17)8-21-13(16)19/h2-4,7H,5-6,8H2,1H3,(H2,14,15,18). The monoisotopic (exact) mass is 309 g/mol. The van der Waals surface area contributed by atoms with Gasteiger partial charge in [-0.1, -0.05) is 17.8 Å². The highest BCUT2D eigenvalue weighted by molar-refractivity contribution is 8.14. The van der Waals surface area contributed by atoms with Crippen molar-refractivity contribution in [1.29, 1.82) is 0 Å². The van der Waals surface area contributed by atoms with Crippen molar-refractivity contribution >= 4 is 34.6 Å². The molecule has 0 atom stereocenters. The molecule has 4 amide bonds. The number of methoxy groups -OCH3 is 1. The van der Waals surface area contributed by atoms with Crippen molar-refractivity contribution < 1.29 is 19.1 Å². The Bertz CT molecular complexity index is 548. The molecule has 0 unspecified atom stereocenters. The number of urea groups is 1. The molecule has 0 aliphatic carbocycles. The predicted molar refractivity (Wildman–Crippen MR) is 79.6 cm³/mol. The van der Waals surface area contributed by atoms with Crippen LogP contribution in [0, 0.1) is 0 Å². The zero-order valence-electron chi connectivity index (χ0n) is 11.4. The molecule has 1 fully saturated rings. The highest BCUT2D eigenvalue weighted by Crippen LogP contribution is 2.18. The molecule has 112 valence electrons. The number of nitrogens with zero attached hydrogens (tertiary/aromatic N) is 1. The number of nitrogens with one attached hydrogen (secondary N) is 2. The Morgan fingerprint density at radius 3 is 2.90 bits per heavy atom. The summed E-state index contributed by atoms with van der Waals surface area (Å²) in [6.45, 7) is 0.379. The van der Waals surface area contributed by atoms with E-state index in [9.17, 15) is 14.4 Å². The molecule has 1 saturated heterocycles. The van der Waals surface area contributed by atoms with Crippen molar-refractivity contribution in [2.24, 2.45) is 0 Å². The summed E-state index contributed by atoms with van der Waals surface area (Å²) in [6.07, 6.45) is 0. The zero-order valence-corrected chi connectivity index (χ0v) is 12.2. The predicted octanol–water partition coefficient (Wildman–Crippen LogP) is 1.51. The average Bonchev–Trinajstić information content (AvgIpc) is 2.79. The Hall–Kier alpha value is -2.22. The maximum Gasteiger partial charge on any atom is 0.319 e. The van der Waals surface area contributed by atoms with Crippen LogP contribution < -0.4 is 15.4 Å². The fourth-order valence-corrected chi connectivity index (χ4v) is 2.51. The van der Waals surface area contributed by atoms with Gasteiger partial charge in [-0.05, 0) is 12.1 Å². The van der Waals surface area contributed by atoms with Crippen LogP contribution in [0.15, 0.2) is 24.3 Å². The van der Waals surface area contributed by atoms with E-state index in [4.69, 9.17) is 4.74 Å². The number of amides is 4. The van der Waals surface area contributed by atoms with Crippen LogP contribution in [-0.4, -0.2) is 48.0 Å². The van der Waals surface area contributed by atoms with Crippen molar-refractivity contribution in [3.63, 3.8) is 0 Å². The molecular formula is C13H15N3O4S. The van der Waals surface area contributed by atoms with Crippen LogP contribution in [0.1, 0.15) is 0 Å². The number of carbonyl (C=O) groups is 3. The number of benzene rings is 1. The lowest BCUT2D eigenvalue weighted by molar-refractivity contribution is -0.124. The van der Waals surface area contributed by atoms with Crippen molar-refractivity contribution in [3.8, 4) is 5.75 Å². The van der Waals surface area contributed by atoms with Crippen molar-refractivity contribution in [2.75, 3.05) is 31.3 Å². The third-order valence-corrected chi connectivity index (χ3v) is 3.65. The second-order valence-corrected chi connectivity index (χ2v) is 5.14. The lowest BCUT2D eigenvalue weighted by atomic mass is 10.3. The van der Waals surface area contributed by atoms with Crippen LogP contribution in [0.5, 0.6) is 5.75 Å². The molecule has 8 heteroatoms. The highest BCUT2D eigenvalue weighted by Gasteiger charge is 2.29. The van der Waals surface area contributed by atoms with Gasteiger partial charge < -0.3 is 15.4 Å². The Labute approximate surface area is 126 Å². The molecule has 1 heterocycles. The topological polar surface area (TPSA) is 87.7 Å². The quantitative estimate of drug-likeness (QED) is 0.861. The highest BCUT2D eigenvalue weighted by atomic mass is 32.2. The maximum absolute atomic E-state index is 11.7. The van der Waals surface area contributed by atoms with Gasteiger partial charge in [0, 0.05) is 24.8 Å². The Kier molecular flexibility index (Phi) is 5.04. The SMILES string of the molecule is COc1cccc(NC(=O)NCCN2C(=O)CSC2=O)c1. The van der Waals surface area contributed by atoms with Gasteiger partial charge in [-0.15, -0.1) is 0 Å². The summed E-state index contributed by atoms with van der Waals surface area (Å²) in [5.41, 5.74) is 0.593. The third kappa shape index (κ3) is 4.12. The molecule has 0 bridgehead atoms. The van der Waals surface area contributed by atoms with E-state index in [1.807, 2.05) is 0 Å². The average molecular weight is 309 g/mol. The van der Waals surface area contributed by atoms with E-state index in [-0.39, 0.29) is 30.0 Å². The third-order valence-electron chi connectivity index (χ3n) is 2.79. The minimum absolute atomic E-state index is 0.175. The van der Waals surface area contributed by atoms with Gasteiger partial charge in [0.15, 0.2) is 0 Å². The van der Waals surface area contributed by atoms with Crippen LogP contribution in [0.25, 0.3) is 0 Å². The molecule has 2 rings (SSSR count). The molecule has 2 N–H and O–H groups in total. The van der Waals surface area contributed by atoms with Crippen LogP contribution in [0.4, 0.5) is 15.3 Å². The molecule has 1 aliphatic heterocycles. The molecule has 1 aromatic rings. The number of ether oxygens (including phenoxy) is 1. The molecular weight excluding hydrogens is 294 g/mol. The van der Waals surface area contributed by atoms with Crippen molar-refractivity contribution in [1.82, 2.24) is 10.2 Å². The summed E-state index contributed by atoms with van der Waals surface area (Å²) in [5.74, 6) is 0.590. The van der Waals surface area contributed by atoms with Gasteiger partial charge in [-0.3, -0.25) is 14.5 Å². The molecule has 21 heavy (non-hydrogen) atoms. The molecule has 0 aromatic heterocycles. The maximum atomic E-state index is 11.7. The number of anilines is 1. The number of rotatable bonds is 5. The number of hydrogen-bond acceptors (Lipinski definition) is 5. The van der Waals surface area contributed by atoms with E-state index in [1.54, 1.807) is 31.4 Å². The summed E-state index contributed by atoms with van der Waals surface area (Å²) in [5, 5.41) is 4.96. The Morgan fingerprint density at radius 1 is 1.43 bits per heavy atom. The van der Waals surface area contributed by atoms with Gasteiger partial charge in [0.1, 0.15) is 5.75 Å². The molecule has 0 radical (unpaired) electrons. The Balaban J connectivity index is 1.77. The van der Waals surface area contributed by atoms with E-state index in [0.29, 0.717) is 11.4 Å². The normalized spacial score (nSPS) is 14.2. The second-order valence-electron chi connectivity index (χ2n) is 4.21. The smallest absolute Gasteiger partial charge is 0.319 e. The van der Waals surface area contributed by atoms with Gasteiger partial charge in [-0.25, -0.2) is 4.79 Å². The van der Waals surface area contributed by atoms with Crippen molar-refractivity contribution in [3.05, 3.63) is 24.3 Å². The first kappa shape index (κ1) is 15.2. The lowest BCUT2D eigenvalue weighted by Crippen LogP contribution is -2.39. The number of imide groups is 1. The van der Waals surface area contributed by atoms with E-state index >= 15 is 0 Å². The summed E-state index contributed by atoms with van der Waals surface area (Å²) >= 11 is 0.974. The lowest BCUT2D eigenvalue weighted by Gasteiger charge is -2.13. The first-order valence-electron chi connectivity index (χ1n) is 6.26. The van der Waals surface area contributed by atoms with Gasteiger partial charge >= 0.3 is 6.03 Å². The summed E-state index contributed by atoms with van der Waals surface area (Å²) < 4.78 is 5.05. The van der Waals surface area contributed by atoms with Crippen molar-refractivity contribution in [2.45, 2.75) is 0 Å². The summed E-state index contributed by atoms with van der Waals surface area (Å²) in [4.78, 5) is 35.5. The van der Waals surface area contributed by atoms with Crippen LogP contribution in [0.2, 0.25) is 0 Å². The molecule has 0 spiro atoms. The van der Waals surface area contributed by atoms with E-state index in [2.05, 4.69) is 10.6 Å². The van der Waals surface area contributed by atoms with Gasteiger partial charge in [0.05, 0.1) is 12.9 Å². The molecule has 7 nitrogen and oxygen atoms in total. The van der Waals surface area contributed by atoms with Gasteiger partial charge in [0.25, 0.3) is 5.24 Å². The van der Waals surface area contributed by atoms with E-state index in [1.165, 1.54) is 0 Å². The van der Waals surface area contributed by atoms with Gasteiger partial charge in [0.2, 0.25) is 5.91 Å². The second kappa shape index (κ2) is 6.98. The molecule has 0 saturated carbocycles. The van der Waals surface area contributed by atoms with Crippen LogP contribution in [-0.2, 0) is 4.79 Å². The van der Waals surface area contributed by atoms with E-state index < -0.39 is 6.03 Å². The fraction of sp³-hybridized carbons (Fsp3) is 0.308. The number of hydrogen-bond donors (Lipinski definition) is 2. The van der Waals surface area contributed by atoms with Crippen LogP contribution >= 0.6 is 11.8 Å². The zero-order chi connectivity index (χ0) is 15.2. The first-order chi connectivity index (χ1) is 10.1. The largest absolute Gasteiger partial charge is 0.497 e. The number of thioether (sulfide) groups is 1. The first-order valence-corrected chi connectivity index (χ1v) is 7.25. The van der Waals surface area contributed by atoms with E-state index in [0.717, 1.165) is 16.7 Å². The Morgan fingerprint density at radius 2 is 2.24 bits per heavy atom. The number of carbonyl (C=O) groups excluding carboxylic acids is 3. The minimum atomic E-state index is -0.407. The minimum Gasteiger partial charge on any atom is -0.497 e. The summed E-state index contributed by atoms with van der Waals surface area (Å²) in [7, 11) is 1.54. The summed E-state index contributed by atoms with van der Waals surface area (Å²) in [6, 6.07) is 6.53. The fourth-order valence-electron chi connectivity index (χ4n) is 1.75. The molecule has 1 aromatic carbocycles.